The van der Waals surface area contributed by atoms with Gasteiger partial charge in [0.15, 0.2) is 11.5 Å². The SMILES string of the molecule is COc1cc(/C=C(/C#N)C(=O)Nc2cccc(Br)c2)ccc1OCc1ccc(Cl)c(Cl)c1. The van der Waals surface area contributed by atoms with Gasteiger partial charge >= 0.3 is 0 Å². The molecule has 0 heterocycles. The molecule has 3 aromatic carbocycles. The van der Waals surface area contributed by atoms with Crippen molar-refractivity contribution >= 4 is 56.8 Å². The molecule has 0 aromatic heterocycles. The molecule has 0 spiro atoms. The van der Waals surface area contributed by atoms with Crippen molar-refractivity contribution in [3.63, 3.8) is 0 Å². The molecule has 0 aliphatic heterocycles. The summed E-state index contributed by atoms with van der Waals surface area (Å²) in [5, 5.41) is 13.1. The Labute approximate surface area is 204 Å². The predicted octanol–water partition coefficient (Wildman–Crippen LogP) is 6.89. The number of carbonyl (C=O) groups excluding carboxylic acids is 1. The molecule has 3 rings (SSSR count). The van der Waals surface area contributed by atoms with Crippen LogP contribution in [0.15, 0.2) is 70.7 Å². The van der Waals surface area contributed by atoms with E-state index in [1.807, 2.05) is 18.2 Å². The van der Waals surface area contributed by atoms with Crippen LogP contribution < -0.4 is 14.8 Å². The van der Waals surface area contributed by atoms with Gasteiger partial charge in [0.1, 0.15) is 18.2 Å². The van der Waals surface area contributed by atoms with Gasteiger partial charge in [-0.3, -0.25) is 4.79 Å². The largest absolute Gasteiger partial charge is 0.493 e. The summed E-state index contributed by atoms with van der Waals surface area (Å²) in [6, 6.07) is 19.4. The minimum Gasteiger partial charge on any atom is -0.493 e. The molecule has 162 valence electrons. The van der Waals surface area contributed by atoms with E-state index in [0.717, 1.165) is 10.0 Å². The molecule has 5 nitrogen and oxygen atoms in total. The third-order valence-electron chi connectivity index (χ3n) is 4.32. The van der Waals surface area contributed by atoms with Crippen LogP contribution in [-0.4, -0.2) is 13.0 Å². The number of nitrogens with one attached hydrogen (secondary N) is 1. The van der Waals surface area contributed by atoms with Crippen molar-refractivity contribution in [3.05, 3.63) is 91.9 Å². The van der Waals surface area contributed by atoms with Crippen molar-refractivity contribution < 1.29 is 14.3 Å². The van der Waals surface area contributed by atoms with E-state index in [9.17, 15) is 10.1 Å². The second-order valence-electron chi connectivity index (χ2n) is 6.58. The fourth-order valence-electron chi connectivity index (χ4n) is 2.76. The first kappa shape index (κ1) is 23.7. The molecule has 0 atom stereocenters. The smallest absolute Gasteiger partial charge is 0.266 e. The van der Waals surface area contributed by atoms with Crippen LogP contribution in [0.5, 0.6) is 11.5 Å². The molecule has 0 bridgehead atoms. The Bertz CT molecular complexity index is 1220. The maximum atomic E-state index is 12.5. The first-order chi connectivity index (χ1) is 15.4. The van der Waals surface area contributed by atoms with Crippen molar-refractivity contribution in [3.8, 4) is 17.6 Å². The lowest BCUT2D eigenvalue weighted by Crippen LogP contribution is -2.13. The van der Waals surface area contributed by atoms with Gasteiger partial charge in [0, 0.05) is 10.2 Å². The van der Waals surface area contributed by atoms with E-state index in [0.29, 0.717) is 32.8 Å². The van der Waals surface area contributed by atoms with Crippen LogP contribution in [0.25, 0.3) is 6.08 Å². The van der Waals surface area contributed by atoms with E-state index in [4.69, 9.17) is 32.7 Å². The van der Waals surface area contributed by atoms with E-state index in [1.54, 1.807) is 48.5 Å². The summed E-state index contributed by atoms with van der Waals surface area (Å²) in [7, 11) is 1.51. The predicted molar refractivity (Wildman–Crippen MR) is 130 cm³/mol. The molecule has 0 saturated heterocycles. The fourth-order valence-corrected chi connectivity index (χ4v) is 3.48. The summed E-state index contributed by atoms with van der Waals surface area (Å²) in [4.78, 5) is 12.5. The number of amides is 1. The van der Waals surface area contributed by atoms with E-state index < -0.39 is 5.91 Å². The van der Waals surface area contributed by atoms with Crippen LogP contribution in [0, 0.1) is 11.3 Å². The van der Waals surface area contributed by atoms with Crippen molar-refractivity contribution in [1.82, 2.24) is 0 Å². The number of rotatable bonds is 7. The summed E-state index contributed by atoms with van der Waals surface area (Å²) in [5.74, 6) is 0.459. The number of anilines is 1. The molecule has 0 aliphatic rings. The third kappa shape index (κ3) is 6.27. The van der Waals surface area contributed by atoms with E-state index in [-0.39, 0.29) is 12.2 Å². The molecule has 0 radical (unpaired) electrons. The molecule has 1 N–H and O–H groups in total. The van der Waals surface area contributed by atoms with Gasteiger partial charge in [-0.15, -0.1) is 0 Å². The zero-order valence-corrected chi connectivity index (χ0v) is 20.0. The molecule has 0 fully saturated rings. The van der Waals surface area contributed by atoms with E-state index in [1.165, 1.54) is 13.2 Å². The van der Waals surface area contributed by atoms with Gasteiger partial charge in [-0.05, 0) is 59.7 Å². The van der Waals surface area contributed by atoms with Crippen molar-refractivity contribution in [2.75, 3.05) is 12.4 Å². The molecule has 8 heteroatoms. The highest BCUT2D eigenvalue weighted by atomic mass is 79.9. The Balaban J connectivity index is 1.75. The number of carbonyl (C=O) groups is 1. The first-order valence-electron chi connectivity index (χ1n) is 9.33. The zero-order chi connectivity index (χ0) is 23.1. The second kappa shape index (κ2) is 11.1. The number of halogens is 3. The average molecular weight is 532 g/mol. The molecular formula is C24H17BrCl2N2O3. The van der Waals surface area contributed by atoms with Gasteiger partial charge < -0.3 is 14.8 Å². The number of nitriles is 1. The average Bonchev–Trinajstić information content (AvgIpc) is 2.78. The highest BCUT2D eigenvalue weighted by Gasteiger charge is 2.12. The quantitative estimate of drug-likeness (QED) is 0.266. The molecule has 32 heavy (non-hydrogen) atoms. The van der Waals surface area contributed by atoms with Crippen molar-refractivity contribution in [2.45, 2.75) is 6.61 Å². The van der Waals surface area contributed by atoms with Crippen LogP contribution in [0.1, 0.15) is 11.1 Å². The van der Waals surface area contributed by atoms with Crippen LogP contribution >= 0.6 is 39.1 Å². The van der Waals surface area contributed by atoms with Gasteiger partial charge in [-0.1, -0.05) is 57.3 Å². The third-order valence-corrected chi connectivity index (χ3v) is 5.56. The molecule has 1 amide bonds. The van der Waals surface area contributed by atoms with Crippen molar-refractivity contribution in [2.24, 2.45) is 0 Å². The summed E-state index contributed by atoms with van der Waals surface area (Å²) < 4.78 is 12.1. The minimum absolute atomic E-state index is 0.0449. The van der Waals surface area contributed by atoms with E-state index in [2.05, 4.69) is 21.2 Å². The highest BCUT2D eigenvalue weighted by Crippen LogP contribution is 2.30. The lowest BCUT2D eigenvalue weighted by molar-refractivity contribution is -0.112. The first-order valence-corrected chi connectivity index (χ1v) is 10.9. The molecule has 0 unspecified atom stereocenters. The Morgan fingerprint density at radius 1 is 1.09 bits per heavy atom. The fraction of sp³-hybridized carbons (Fsp3) is 0.0833. The van der Waals surface area contributed by atoms with Crippen molar-refractivity contribution in [1.29, 1.82) is 5.26 Å². The summed E-state index contributed by atoms with van der Waals surface area (Å²) >= 11 is 15.3. The van der Waals surface area contributed by atoms with Crippen LogP contribution in [0.2, 0.25) is 10.0 Å². The van der Waals surface area contributed by atoms with Gasteiger partial charge in [0.05, 0.1) is 17.2 Å². The van der Waals surface area contributed by atoms with Crippen LogP contribution in [0.3, 0.4) is 0 Å². The van der Waals surface area contributed by atoms with Crippen LogP contribution in [-0.2, 0) is 11.4 Å². The molecule has 0 aliphatic carbocycles. The van der Waals surface area contributed by atoms with Gasteiger partial charge in [-0.25, -0.2) is 0 Å². The number of methoxy groups -OCH3 is 1. The standard InChI is InChI=1S/C24H17BrCl2N2O3/c1-31-23-11-15(6-8-22(23)32-14-16-5-7-20(26)21(27)10-16)9-17(13-28)24(30)29-19-4-2-3-18(25)12-19/h2-12H,14H2,1H3,(H,29,30)/b17-9-. The number of nitrogens with zero attached hydrogens (tertiary/aromatic N) is 1. The molecular weight excluding hydrogens is 515 g/mol. The number of ether oxygens (including phenoxy) is 2. The topological polar surface area (TPSA) is 71.3 Å². The monoisotopic (exact) mass is 530 g/mol. The molecule has 3 aromatic rings. The lowest BCUT2D eigenvalue weighted by Gasteiger charge is -2.12. The normalized spacial score (nSPS) is 10.9. The number of hydrogen-bond donors (Lipinski definition) is 1. The zero-order valence-electron chi connectivity index (χ0n) is 16.9. The summed E-state index contributed by atoms with van der Waals surface area (Å²) in [5.41, 5.74) is 2.00. The van der Waals surface area contributed by atoms with E-state index >= 15 is 0 Å². The Morgan fingerprint density at radius 2 is 1.91 bits per heavy atom. The Morgan fingerprint density at radius 3 is 2.59 bits per heavy atom. The number of hydrogen-bond acceptors (Lipinski definition) is 4. The second-order valence-corrected chi connectivity index (χ2v) is 8.31. The summed E-state index contributed by atoms with van der Waals surface area (Å²) in [6.45, 7) is 0.265. The van der Waals surface area contributed by atoms with Gasteiger partial charge in [-0.2, -0.15) is 5.26 Å². The number of benzene rings is 3. The lowest BCUT2D eigenvalue weighted by atomic mass is 10.1. The Hall–Kier alpha value is -2.98. The maximum absolute atomic E-state index is 12.5. The van der Waals surface area contributed by atoms with Gasteiger partial charge in [0.2, 0.25) is 0 Å². The highest BCUT2D eigenvalue weighted by molar-refractivity contribution is 9.10. The van der Waals surface area contributed by atoms with Crippen LogP contribution in [0.4, 0.5) is 5.69 Å². The molecule has 0 saturated carbocycles. The van der Waals surface area contributed by atoms with Gasteiger partial charge in [0.25, 0.3) is 5.91 Å². The maximum Gasteiger partial charge on any atom is 0.266 e. The summed E-state index contributed by atoms with van der Waals surface area (Å²) in [6.07, 6.45) is 1.48. The Kier molecular flexibility index (Phi) is 8.18. The minimum atomic E-state index is -0.510.